The van der Waals surface area contributed by atoms with Crippen LogP contribution >= 0.6 is 0 Å². The van der Waals surface area contributed by atoms with Crippen LogP contribution in [-0.4, -0.2) is 65.6 Å². The van der Waals surface area contributed by atoms with Gasteiger partial charge in [0.1, 0.15) is 0 Å². The molecule has 1 aromatic rings. The number of pyridine rings is 1. The Morgan fingerprint density at radius 2 is 2.21 bits per heavy atom. The van der Waals surface area contributed by atoms with Gasteiger partial charge in [-0.25, -0.2) is 0 Å². The van der Waals surface area contributed by atoms with Crippen LogP contribution in [0.15, 0.2) is 18.5 Å². The van der Waals surface area contributed by atoms with E-state index in [0.29, 0.717) is 18.7 Å². The topological polar surface area (TPSA) is 56.7 Å². The maximum absolute atomic E-state index is 12.4. The van der Waals surface area contributed by atoms with Gasteiger partial charge in [-0.15, -0.1) is 0 Å². The molecule has 0 aromatic carbocycles. The van der Waals surface area contributed by atoms with E-state index in [1.807, 2.05) is 32.0 Å². The molecule has 1 N–H and O–H groups in total. The van der Waals surface area contributed by atoms with Crippen LogP contribution in [0.4, 0.5) is 0 Å². The van der Waals surface area contributed by atoms with Gasteiger partial charge in [0, 0.05) is 44.0 Å². The molecule has 1 aromatic heterocycles. The Kier molecular flexibility index (Phi) is 4.17. The Morgan fingerprint density at radius 3 is 2.74 bits per heavy atom. The number of amides is 1. The van der Waals surface area contributed by atoms with Crippen molar-refractivity contribution < 1.29 is 9.90 Å². The zero-order valence-electron chi connectivity index (χ0n) is 11.7. The lowest BCUT2D eigenvalue weighted by Gasteiger charge is -2.23. The maximum Gasteiger partial charge on any atom is 0.255 e. The van der Waals surface area contributed by atoms with Crippen molar-refractivity contribution in [2.75, 3.05) is 33.8 Å². The second-order valence-corrected chi connectivity index (χ2v) is 5.43. The molecular weight excluding hydrogens is 242 g/mol. The summed E-state index contributed by atoms with van der Waals surface area (Å²) < 4.78 is 0. The van der Waals surface area contributed by atoms with Crippen molar-refractivity contribution in [2.45, 2.75) is 13.0 Å². The molecule has 1 aliphatic rings. The van der Waals surface area contributed by atoms with Crippen LogP contribution in [0.3, 0.4) is 0 Å². The molecule has 1 amide bonds. The monoisotopic (exact) mass is 263 g/mol. The summed E-state index contributed by atoms with van der Waals surface area (Å²) in [5.41, 5.74) is 1.60. The van der Waals surface area contributed by atoms with Crippen molar-refractivity contribution in [1.82, 2.24) is 14.8 Å². The lowest BCUT2D eigenvalue weighted by atomic mass is 10.0. The zero-order chi connectivity index (χ0) is 14.0. The molecule has 0 radical (unpaired) electrons. The third-order valence-electron chi connectivity index (χ3n) is 3.71. The fourth-order valence-electron chi connectivity index (χ4n) is 2.64. The molecule has 2 heterocycles. The van der Waals surface area contributed by atoms with Crippen molar-refractivity contribution >= 4 is 5.91 Å². The number of aliphatic hydroxyl groups is 1. The molecule has 0 unspecified atom stereocenters. The zero-order valence-corrected chi connectivity index (χ0v) is 11.7. The van der Waals surface area contributed by atoms with Crippen molar-refractivity contribution in [3.05, 3.63) is 29.6 Å². The van der Waals surface area contributed by atoms with Gasteiger partial charge in [-0.05, 0) is 32.6 Å². The Morgan fingerprint density at radius 1 is 1.47 bits per heavy atom. The molecule has 5 heteroatoms. The van der Waals surface area contributed by atoms with Gasteiger partial charge in [0.2, 0.25) is 0 Å². The van der Waals surface area contributed by atoms with E-state index in [2.05, 4.69) is 9.88 Å². The molecule has 0 aliphatic carbocycles. The van der Waals surface area contributed by atoms with E-state index in [0.717, 1.165) is 5.56 Å². The predicted molar refractivity (Wildman–Crippen MR) is 72.9 cm³/mol. The highest BCUT2D eigenvalue weighted by Gasteiger charge is 2.36. The Bertz CT molecular complexity index is 462. The number of carbonyl (C=O) groups excluding carboxylic acids is 1. The number of aryl methyl sites for hydroxylation is 1. The van der Waals surface area contributed by atoms with Crippen LogP contribution < -0.4 is 0 Å². The summed E-state index contributed by atoms with van der Waals surface area (Å²) in [5.74, 6) is 0.121. The average molecular weight is 263 g/mol. The largest absolute Gasteiger partial charge is 0.396 e. The van der Waals surface area contributed by atoms with E-state index in [1.165, 1.54) is 0 Å². The molecule has 1 aliphatic heterocycles. The second-order valence-electron chi connectivity index (χ2n) is 5.43. The molecule has 1 saturated heterocycles. The molecule has 104 valence electrons. The molecule has 0 saturated carbocycles. The minimum absolute atomic E-state index is 0.000926. The minimum Gasteiger partial charge on any atom is -0.396 e. The van der Waals surface area contributed by atoms with Gasteiger partial charge in [-0.2, -0.15) is 0 Å². The molecule has 2 atom stereocenters. The standard InChI is InChI=1S/C14H21N3O2/c1-10-4-11(6-15-5-10)14(19)17-7-12(9-18)13(8-17)16(2)3/h4-6,12-13,18H,7-9H2,1-3H3/t12-,13+/m0/s1. The van der Waals surface area contributed by atoms with Crippen LogP contribution in [0.5, 0.6) is 0 Å². The molecule has 2 rings (SSSR count). The number of likely N-dealkylation sites (N-methyl/N-ethyl adjacent to an activating group) is 1. The van der Waals surface area contributed by atoms with E-state index in [9.17, 15) is 9.90 Å². The lowest BCUT2D eigenvalue weighted by Crippen LogP contribution is -2.37. The third kappa shape index (κ3) is 2.93. The first-order valence-electron chi connectivity index (χ1n) is 6.51. The van der Waals surface area contributed by atoms with E-state index in [1.54, 1.807) is 12.4 Å². The molecule has 19 heavy (non-hydrogen) atoms. The van der Waals surface area contributed by atoms with Crippen LogP contribution in [0.1, 0.15) is 15.9 Å². The molecule has 0 spiro atoms. The summed E-state index contributed by atoms with van der Waals surface area (Å²) in [6, 6.07) is 2.07. The average Bonchev–Trinajstić information content (AvgIpc) is 2.82. The van der Waals surface area contributed by atoms with Gasteiger partial charge in [0.15, 0.2) is 0 Å². The number of hydrogen-bond acceptors (Lipinski definition) is 4. The van der Waals surface area contributed by atoms with Gasteiger partial charge in [-0.3, -0.25) is 9.78 Å². The summed E-state index contributed by atoms with van der Waals surface area (Å²) in [6.45, 7) is 3.29. The smallest absolute Gasteiger partial charge is 0.255 e. The highest BCUT2D eigenvalue weighted by atomic mass is 16.3. The van der Waals surface area contributed by atoms with Crippen molar-refractivity contribution in [3.63, 3.8) is 0 Å². The van der Waals surface area contributed by atoms with E-state index in [4.69, 9.17) is 0 Å². The summed E-state index contributed by atoms with van der Waals surface area (Å²) in [6.07, 6.45) is 3.34. The molecule has 1 fully saturated rings. The van der Waals surface area contributed by atoms with Crippen molar-refractivity contribution in [3.8, 4) is 0 Å². The normalized spacial score (nSPS) is 23.1. The third-order valence-corrected chi connectivity index (χ3v) is 3.71. The minimum atomic E-state index is -0.000926. The van der Waals surface area contributed by atoms with Gasteiger partial charge in [0.25, 0.3) is 5.91 Å². The number of rotatable bonds is 3. The molecule has 5 nitrogen and oxygen atoms in total. The number of aromatic nitrogens is 1. The number of aliphatic hydroxyl groups excluding tert-OH is 1. The van der Waals surface area contributed by atoms with Gasteiger partial charge in [-0.1, -0.05) is 0 Å². The fraction of sp³-hybridized carbons (Fsp3) is 0.571. The quantitative estimate of drug-likeness (QED) is 0.857. The number of hydrogen-bond donors (Lipinski definition) is 1. The second kappa shape index (κ2) is 5.67. The Hall–Kier alpha value is -1.46. The number of nitrogens with zero attached hydrogens (tertiary/aromatic N) is 3. The predicted octanol–water partition coefficient (Wildman–Crippen LogP) is 0.385. The van der Waals surface area contributed by atoms with Gasteiger partial charge >= 0.3 is 0 Å². The highest BCUT2D eigenvalue weighted by molar-refractivity contribution is 5.94. The lowest BCUT2D eigenvalue weighted by molar-refractivity contribution is 0.0778. The SMILES string of the molecule is Cc1cncc(C(=O)N2C[C@@H](CO)[C@H](N(C)C)C2)c1. The fourth-order valence-corrected chi connectivity index (χ4v) is 2.64. The number of likely N-dealkylation sites (tertiary alicyclic amines) is 1. The van der Waals surface area contributed by atoms with Crippen LogP contribution in [0.2, 0.25) is 0 Å². The van der Waals surface area contributed by atoms with Crippen LogP contribution in [-0.2, 0) is 0 Å². The van der Waals surface area contributed by atoms with Crippen molar-refractivity contribution in [2.24, 2.45) is 5.92 Å². The first-order chi connectivity index (χ1) is 9.02. The number of carbonyl (C=O) groups is 1. The Balaban J connectivity index is 2.13. The van der Waals surface area contributed by atoms with Crippen molar-refractivity contribution in [1.29, 1.82) is 0 Å². The molecular formula is C14H21N3O2. The summed E-state index contributed by atoms with van der Waals surface area (Å²) in [7, 11) is 3.96. The highest BCUT2D eigenvalue weighted by Crippen LogP contribution is 2.22. The van der Waals surface area contributed by atoms with E-state index >= 15 is 0 Å². The van der Waals surface area contributed by atoms with Crippen LogP contribution in [0, 0.1) is 12.8 Å². The molecule has 0 bridgehead atoms. The van der Waals surface area contributed by atoms with Gasteiger partial charge in [0.05, 0.1) is 5.56 Å². The van der Waals surface area contributed by atoms with E-state index in [-0.39, 0.29) is 24.5 Å². The summed E-state index contributed by atoms with van der Waals surface area (Å²) in [4.78, 5) is 20.4. The van der Waals surface area contributed by atoms with E-state index < -0.39 is 0 Å². The maximum atomic E-state index is 12.4. The van der Waals surface area contributed by atoms with Crippen LogP contribution in [0.25, 0.3) is 0 Å². The first-order valence-corrected chi connectivity index (χ1v) is 6.51. The summed E-state index contributed by atoms with van der Waals surface area (Å²) >= 11 is 0. The Labute approximate surface area is 113 Å². The first kappa shape index (κ1) is 14.0. The van der Waals surface area contributed by atoms with Gasteiger partial charge < -0.3 is 14.9 Å². The summed E-state index contributed by atoms with van der Waals surface area (Å²) in [5, 5.41) is 9.42.